The molecule has 0 atom stereocenters. The maximum Gasteiger partial charge on any atom is 0.265 e. The van der Waals surface area contributed by atoms with Crippen LogP contribution in [0.25, 0.3) is 11.6 Å². The molecule has 3 N–H and O–H groups in total. The number of nitrogens with one attached hydrogen (secondary N) is 1. The lowest BCUT2D eigenvalue weighted by atomic mass is 10.0. The molecule has 0 aliphatic carbocycles. The maximum absolute atomic E-state index is 11.8. The van der Waals surface area contributed by atoms with Gasteiger partial charge >= 0.3 is 0 Å². The second kappa shape index (κ2) is 5.80. The van der Waals surface area contributed by atoms with E-state index in [0.29, 0.717) is 5.57 Å². The summed E-state index contributed by atoms with van der Waals surface area (Å²) >= 11 is 0. The number of hydrazine groups is 1. The van der Waals surface area contributed by atoms with E-state index >= 15 is 0 Å². The van der Waals surface area contributed by atoms with Crippen LogP contribution < -0.4 is 11.3 Å². The zero-order valence-electron chi connectivity index (χ0n) is 9.84. The molecule has 90 valence electrons. The fourth-order valence-corrected chi connectivity index (χ4v) is 1.69. The summed E-state index contributed by atoms with van der Waals surface area (Å²) in [5, 5.41) is 0. The van der Waals surface area contributed by atoms with Gasteiger partial charge in [0.2, 0.25) is 0 Å². The maximum atomic E-state index is 11.8. The highest BCUT2D eigenvalue weighted by Gasteiger charge is 2.09. The highest BCUT2D eigenvalue weighted by Crippen LogP contribution is 2.18. The molecule has 2 rings (SSSR count). The molecule has 0 unspecified atom stereocenters. The molecular weight excluding hydrogens is 224 g/mol. The number of hydrogen-bond donors (Lipinski definition) is 2. The minimum atomic E-state index is -0.301. The summed E-state index contributed by atoms with van der Waals surface area (Å²) in [4.78, 5) is 11.8. The van der Waals surface area contributed by atoms with Crippen LogP contribution in [0.4, 0.5) is 0 Å². The van der Waals surface area contributed by atoms with Crippen molar-refractivity contribution in [2.45, 2.75) is 0 Å². The Morgan fingerprint density at radius 3 is 2.06 bits per heavy atom. The zero-order valence-corrected chi connectivity index (χ0v) is 9.84. The molecule has 3 heteroatoms. The van der Waals surface area contributed by atoms with E-state index in [0.717, 1.165) is 11.1 Å². The second-order valence-corrected chi connectivity index (χ2v) is 3.81. The van der Waals surface area contributed by atoms with Gasteiger partial charge in [0, 0.05) is 5.57 Å². The molecule has 0 aromatic heterocycles. The van der Waals surface area contributed by atoms with Gasteiger partial charge in [-0.2, -0.15) is 0 Å². The largest absolute Gasteiger partial charge is 0.290 e. The summed E-state index contributed by atoms with van der Waals surface area (Å²) in [5.74, 6) is 4.92. The van der Waals surface area contributed by atoms with Crippen molar-refractivity contribution >= 4 is 17.6 Å². The fourth-order valence-electron chi connectivity index (χ4n) is 1.69. The fraction of sp³-hybridized carbons (Fsp3) is 0. The lowest BCUT2D eigenvalue weighted by Gasteiger charge is -2.06. The molecule has 18 heavy (non-hydrogen) atoms. The molecule has 0 heterocycles. The van der Waals surface area contributed by atoms with Crippen LogP contribution in [-0.2, 0) is 4.79 Å². The van der Waals surface area contributed by atoms with E-state index in [-0.39, 0.29) is 5.91 Å². The first-order valence-corrected chi connectivity index (χ1v) is 5.64. The molecular formula is C15H14N2O. The highest BCUT2D eigenvalue weighted by molar-refractivity contribution is 6.23. The first-order chi connectivity index (χ1) is 8.81. The van der Waals surface area contributed by atoms with Gasteiger partial charge in [-0.05, 0) is 17.2 Å². The summed E-state index contributed by atoms with van der Waals surface area (Å²) in [7, 11) is 0. The normalized spacial score (nSPS) is 11.1. The Morgan fingerprint density at radius 1 is 0.944 bits per heavy atom. The number of amides is 1. The van der Waals surface area contributed by atoms with Crippen LogP contribution in [0.5, 0.6) is 0 Å². The number of rotatable bonds is 3. The predicted octanol–water partition coefficient (Wildman–Crippen LogP) is 2.22. The molecule has 3 nitrogen and oxygen atoms in total. The van der Waals surface area contributed by atoms with Gasteiger partial charge in [0.05, 0.1) is 0 Å². The standard InChI is InChI=1S/C15H14N2O/c16-17-15(18)14(13-9-5-2-6-10-13)11-12-7-3-1-4-8-12/h1-11H,16H2,(H,17,18)/b14-11+. The zero-order chi connectivity index (χ0) is 12.8. The number of carbonyl (C=O) groups excluding carboxylic acids is 1. The van der Waals surface area contributed by atoms with Crippen molar-refractivity contribution in [3.8, 4) is 0 Å². The third kappa shape index (κ3) is 2.84. The van der Waals surface area contributed by atoms with Crippen molar-refractivity contribution in [1.82, 2.24) is 5.43 Å². The van der Waals surface area contributed by atoms with Gasteiger partial charge < -0.3 is 0 Å². The van der Waals surface area contributed by atoms with Crippen LogP contribution in [0.2, 0.25) is 0 Å². The molecule has 0 aliphatic rings. The van der Waals surface area contributed by atoms with Gasteiger partial charge in [-0.15, -0.1) is 0 Å². The Hall–Kier alpha value is -2.39. The molecule has 0 aliphatic heterocycles. The topological polar surface area (TPSA) is 55.1 Å². The number of carbonyl (C=O) groups is 1. The quantitative estimate of drug-likeness (QED) is 0.283. The van der Waals surface area contributed by atoms with Gasteiger partial charge in [-0.3, -0.25) is 10.2 Å². The van der Waals surface area contributed by atoms with Gasteiger partial charge in [0.25, 0.3) is 5.91 Å². The number of hydrogen-bond acceptors (Lipinski definition) is 2. The van der Waals surface area contributed by atoms with Gasteiger partial charge in [-0.1, -0.05) is 60.7 Å². The second-order valence-electron chi connectivity index (χ2n) is 3.81. The van der Waals surface area contributed by atoms with E-state index in [2.05, 4.69) is 5.43 Å². The molecule has 0 radical (unpaired) electrons. The van der Waals surface area contributed by atoms with E-state index in [9.17, 15) is 4.79 Å². The monoisotopic (exact) mass is 238 g/mol. The first kappa shape index (κ1) is 12.1. The van der Waals surface area contributed by atoms with E-state index < -0.39 is 0 Å². The average molecular weight is 238 g/mol. The van der Waals surface area contributed by atoms with E-state index in [1.807, 2.05) is 66.7 Å². The molecule has 2 aromatic carbocycles. The summed E-state index contributed by atoms with van der Waals surface area (Å²) in [6, 6.07) is 19.1. The summed E-state index contributed by atoms with van der Waals surface area (Å²) in [6.45, 7) is 0. The minimum absolute atomic E-state index is 0.301. The van der Waals surface area contributed by atoms with Crippen LogP contribution >= 0.6 is 0 Å². The molecule has 0 fully saturated rings. The van der Waals surface area contributed by atoms with Crippen molar-refractivity contribution in [3.05, 3.63) is 71.8 Å². The third-order valence-electron chi connectivity index (χ3n) is 2.57. The van der Waals surface area contributed by atoms with E-state index in [1.165, 1.54) is 0 Å². The summed E-state index contributed by atoms with van der Waals surface area (Å²) in [6.07, 6.45) is 1.82. The van der Waals surface area contributed by atoms with Gasteiger partial charge in [-0.25, -0.2) is 5.84 Å². The van der Waals surface area contributed by atoms with E-state index in [4.69, 9.17) is 5.84 Å². The minimum Gasteiger partial charge on any atom is -0.290 e. The smallest absolute Gasteiger partial charge is 0.265 e. The Labute approximate surface area is 106 Å². The van der Waals surface area contributed by atoms with Crippen LogP contribution in [-0.4, -0.2) is 5.91 Å². The Kier molecular flexibility index (Phi) is 3.89. The van der Waals surface area contributed by atoms with Crippen LogP contribution in [0, 0.1) is 0 Å². The predicted molar refractivity (Wildman–Crippen MR) is 73.1 cm³/mol. The number of benzene rings is 2. The average Bonchev–Trinajstić information content (AvgIpc) is 2.46. The molecule has 1 amide bonds. The molecule has 0 spiro atoms. The Morgan fingerprint density at radius 2 is 1.50 bits per heavy atom. The van der Waals surface area contributed by atoms with Crippen molar-refractivity contribution in [3.63, 3.8) is 0 Å². The van der Waals surface area contributed by atoms with Gasteiger partial charge in [0.1, 0.15) is 0 Å². The van der Waals surface area contributed by atoms with Gasteiger partial charge in [0.15, 0.2) is 0 Å². The van der Waals surface area contributed by atoms with Crippen LogP contribution in [0.15, 0.2) is 60.7 Å². The molecule has 0 saturated heterocycles. The highest BCUT2D eigenvalue weighted by atomic mass is 16.2. The number of nitrogens with two attached hydrogens (primary N) is 1. The van der Waals surface area contributed by atoms with E-state index in [1.54, 1.807) is 0 Å². The lowest BCUT2D eigenvalue weighted by molar-refractivity contribution is -0.115. The molecule has 0 bridgehead atoms. The SMILES string of the molecule is NNC(=O)/C(=C/c1ccccc1)c1ccccc1. The van der Waals surface area contributed by atoms with Crippen molar-refractivity contribution in [2.24, 2.45) is 5.84 Å². The third-order valence-corrected chi connectivity index (χ3v) is 2.57. The lowest BCUT2D eigenvalue weighted by Crippen LogP contribution is -2.30. The van der Waals surface area contributed by atoms with Crippen molar-refractivity contribution in [2.75, 3.05) is 0 Å². The van der Waals surface area contributed by atoms with Crippen LogP contribution in [0.3, 0.4) is 0 Å². The first-order valence-electron chi connectivity index (χ1n) is 5.64. The van der Waals surface area contributed by atoms with Crippen molar-refractivity contribution in [1.29, 1.82) is 0 Å². The summed E-state index contributed by atoms with van der Waals surface area (Å²) < 4.78 is 0. The van der Waals surface area contributed by atoms with Crippen molar-refractivity contribution < 1.29 is 4.79 Å². The molecule has 0 saturated carbocycles. The van der Waals surface area contributed by atoms with Crippen LogP contribution in [0.1, 0.15) is 11.1 Å². The Bertz CT molecular complexity index is 547. The Balaban J connectivity index is 2.44. The molecule has 2 aromatic rings. The summed E-state index contributed by atoms with van der Waals surface area (Å²) in [5.41, 5.74) is 4.52.